The topological polar surface area (TPSA) is 56.2 Å². The number of carbonyl (C=O) groups is 1. The van der Waals surface area contributed by atoms with Crippen molar-refractivity contribution >= 4 is 16.8 Å². The highest BCUT2D eigenvalue weighted by Gasteiger charge is 2.09. The number of ketones is 1. The van der Waals surface area contributed by atoms with Gasteiger partial charge in [0.05, 0.1) is 6.54 Å². The van der Waals surface area contributed by atoms with Gasteiger partial charge in [0.15, 0.2) is 5.76 Å². The fraction of sp³-hybridized carbons (Fsp3) is 0.100. The maximum Gasteiger partial charge on any atom is 0.211 e. The predicted molar refractivity (Wildman–Crippen MR) is 49.6 cm³/mol. The van der Waals surface area contributed by atoms with Crippen molar-refractivity contribution < 1.29 is 9.21 Å². The SMILES string of the molecule is NCC(=O)c1cc2ccccc2o1. The molecule has 2 rings (SSSR count). The van der Waals surface area contributed by atoms with E-state index in [1.54, 1.807) is 6.07 Å². The van der Waals surface area contributed by atoms with Crippen LogP contribution >= 0.6 is 0 Å². The highest BCUT2D eigenvalue weighted by molar-refractivity contribution is 5.98. The summed E-state index contributed by atoms with van der Waals surface area (Å²) < 4.78 is 5.29. The van der Waals surface area contributed by atoms with Gasteiger partial charge in [0.25, 0.3) is 0 Å². The van der Waals surface area contributed by atoms with Crippen molar-refractivity contribution in [2.75, 3.05) is 6.54 Å². The summed E-state index contributed by atoms with van der Waals surface area (Å²) in [4.78, 5) is 11.2. The van der Waals surface area contributed by atoms with Crippen LogP contribution in [-0.2, 0) is 0 Å². The van der Waals surface area contributed by atoms with Crippen molar-refractivity contribution in [2.45, 2.75) is 0 Å². The van der Waals surface area contributed by atoms with E-state index in [1.165, 1.54) is 0 Å². The molecule has 13 heavy (non-hydrogen) atoms. The lowest BCUT2D eigenvalue weighted by atomic mass is 10.2. The van der Waals surface area contributed by atoms with Gasteiger partial charge in [-0.15, -0.1) is 0 Å². The molecule has 2 aromatic rings. The Morgan fingerprint density at radius 1 is 1.38 bits per heavy atom. The Kier molecular flexibility index (Phi) is 1.87. The highest BCUT2D eigenvalue weighted by atomic mass is 16.3. The Labute approximate surface area is 75.1 Å². The molecular weight excluding hydrogens is 166 g/mol. The number of benzene rings is 1. The van der Waals surface area contributed by atoms with Gasteiger partial charge in [-0.2, -0.15) is 0 Å². The van der Waals surface area contributed by atoms with Gasteiger partial charge in [0.1, 0.15) is 5.58 Å². The Balaban J connectivity index is 2.56. The van der Waals surface area contributed by atoms with Crippen molar-refractivity contribution in [2.24, 2.45) is 5.73 Å². The van der Waals surface area contributed by atoms with Crippen LogP contribution in [-0.4, -0.2) is 12.3 Å². The molecule has 0 aliphatic carbocycles. The summed E-state index contributed by atoms with van der Waals surface area (Å²) in [6.45, 7) is -0.0141. The number of carbonyl (C=O) groups excluding carboxylic acids is 1. The van der Waals surface area contributed by atoms with E-state index in [-0.39, 0.29) is 12.3 Å². The fourth-order valence-electron chi connectivity index (χ4n) is 1.22. The normalized spacial score (nSPS) is 10.5. The van der Waals surface area contributed by atoms with Crippen LogP contribution < -0.4 is 5.73 Å². The number of para-hydroxylation sites is 1. The summed E-state index contributed by atoms with van der Waals surface area (Å²) in [7, 11) is 0. The third kappa shape index (κ3) is 1.34. The molecule has 66 valence electrons. The Morgan fingerprint density at radius 3 is 2.85 bits per heavy atom. The highest BCUT2D eigenvalue weighted by Crippen LogP contribution is 2.18. The molecule has 3 heteroatoms. The first-order valence-corrected chi connectivity index (χ1v) is 4.03. The van der Waals surface area contributed by atoms with Crippen LogP contribution in [0.2, 0.25) is 0 Å². The standard InChI is InChI=1S/C10H9NO2/c11-6-8(12)10-5-7-3-1-2-4-9(7)13-10/h1-5H,6,11H2. The van der Waals surface area contributed by atoms with Gasteiger partial charge in [-0.1, -0.05) is 18.2 Å². The first-order valence-electron chi connectivity index (χ1n) is 4.03. The molecule has 1 aromatic carbocycles. The number of hydrogen-bond acceptors (Lipinski definition) is 3. The zero-order chi connectivity index (χ0) is 9.26. The lowest BCUT2D eigenvalue weighted by Gasteiger charge is -1.87. The summed E-state index contributed by atoms with van der Waals surface area (Å²) in [6, 6.07) is 9.19. The van der Waals surface area contributed by atoms with Gasteiger partial charge in [0.2, 0.25) is 5.78 Å². The molecule has 0 radical (unpaired) electrons. The van der Waals surface area contributed by atoms with E-state index in [9.17, 15) is 4.79 Å². The van der Waals surface area contributed by atoms with Crippen molar-refractivity contribution in [3.8, 4) is 0 Å². The molecular formula is C10H9NO2. The Hall–Kier alpha value is -1.61. The Morgan fingerprint density at radius 2 is 2.15 bits per heavy atom. The molecule has 0 saturated carbocycles. The first-order chi connectivity index (χ1) is 6.31. The van der Waals surface area contributed by atoms with E-state index in [1.807, 2.05) is 24.3 Å². The molecule has 0 amide bonds. The summed E-state index contributed by atoms with van der Waals surface area (Å²) in [6.07, 6.45) is 0. The molecule has 0 atom stereocenters. The number of nitrogens with two attached hydrogens (primary N) is 1. The average Bonchev–Trinajstić information content (AvgIpc) is 2.59. The second-order valence-corrected chi connectivity index (χ2v) is 2.78. The monoisotopic (exact) mass is 175 g/mol. The van der Waals surface area contributed by atoms with E-state index in [2.05, 4.69) is 0 Å². The largest absolute Gasteiger partial charge is 0.453 e. The summed E-state index contributed by atoms with van der Waals surface area (Å²) in [5.41, 5.74) is 5.94. The summed E-state index contributed by atoms with van der Waals surface area (Å²) in [5.74, 6) is 0.167. The minimum Gasteiger partial charge on any atom is -0.453 e. The van der Waals surface area contributed by atoms with Gasteiger partial charge >= 0.3 is 0 Å². The number of furan rings is 1. The summed E-state index contributed by atoms with van der Waals surface area (Å²) in [5, 5.41) is 0.930. The minimum atomic E-state index is -0.170. The van der Waals surface area contributed by atoms with E-state index in [0.29, 0.717) is 5.76 Å². The van der Waals surface area contributed by atoms with Crippen molar-refractivity contribution in [1.29, 1.82) is 0 Å². The number of Topliss-reactive ketones (excluding diaryl/α,β-unsaturated/α-hetero) is 1. The summed E-state index contributed by atoms with van der Waals surface area (Å²) >= 11 is 0. The van der Waals surface area contributed by atoms with E-state index >= 15 is 0 Å². The van der Waals surface area contributed by atoms with Crippen molar-refractivity contribution in [1.82, 2.24) is 0 Å². The lowest BCUT2D eigenvalue weighted by Crippen LogP contribution is -2.12. The molecule has 0 saturated heterocycles. The molecule has 0 bridgehead atoms. The quantitative estimate of drug-likeness (QED) is 0.705. The smallest absolute Gasteiger partial charge is 0.211 e. The fourth-order valence-corrected chi connectivity index (χ4v) is 1.22. The zero-order valence-corrected chi connectivity index (χ0v) is 6.99. The van der Waals surface area contributed by atoms with Crippen molar-refractivity contribution in [3.05, 3.63) is 36.1 Å². The number of fused-ring (bicyclic) bond motifs is 1. The van der Waals surface area contributed by atoms with Gasteiger partial charge in [-0.3, -0.25) is 4.79 Å². The van der Waals surface area contributed by atoms with E-state index < -0.39 is 0 Å². The van der Waals surface area contributed by atoms with Crippen molar-refractivity contribution in [3.63, 3.8) is 0 Å². The van der Waals surface area contributed by atoms with Crippen LogP contribution in [0.4, 0.5) is 0 Å². The maximum atomic E-state index is 11.2. The average molecular weight is 175 g/mol. The molecule has 3 nitrogen and oxygen atoms in total. The molecule has 0 fully saturated rings. The van der Waals surface area contributed by atoms with Gasteiger partial charge < -0.3 is 10.2 Å². The van der Waals surface area contributed by atoms with Gasteiger partial charge in [-0.05, 0) is 12.1 Å². The Bertz CT molecular complexity index is 412. The van der Waals surface area contributed by atoms with Crippen LogP contribution in [0.3, 0.4) is 0 Å². The number of hydrogen-bond donors (Lipinski definition) is 1. The molecule has 0 spiro atoms. The molecule has 1 heterocycles. The minimum absolute atomic E-state index is 0.0141. The lowest BCUT2D eigenvalue weighted by molar-refractivity contribution is 0.0977. The van der Waals surface area contributed by atoms with E-state index in [4.69, 9.17) is 10.2 Å². The molecule has 0 aliphatic heterocycles. The van der Waals surface area contributed by atoms with Crippen LogP contribution in [0.5, 0.6) is 0 Å². The van der Waals surface area contributed by atoms with Crippen LogP contribution in [0.1, 0.15) is 10.6 Å². The molecule has 0 unspecified atom stereocenters. The second-order valence-electron chi connectivity index (χ2n) is 2.78. The number of rotatable bonds is 2. The van der Waals surface area contributed by atoms with Crippen LogP contribution in [0.15, 0.2) is 34.7 Å². The predicted octanol–water partition coefficient (Wildman–Crippen LogP) is 1.57. The van der Waals surface area contributed by atoms with Gasteiger partial charge in [-0.25, -0.2) is 0 Å². The maximum absolute atomic E-state index is 11.2. The first kappa shape index (κ1) is 8.01. The third-order valence-corrected chi connectivity index (χ3v) is 1.89. The third-order valence-electron chi connectivity index (χ3n) is 1.89. The van der Waals surface area contributed by atoms with E-state index in [0.717, 1.165) is 11.0 Å². The second kappa shape index (κ2) is 3.03. The van der Waals surface area contributed by atoms with Gasteiger partial charge in [0, 0.05) is 5.39 Å². The molecule has 0 aliphatic rings. The zero-order valence-electron chi connectivity index (χ0n) is 6.99. The molecule has 1 aromatic heterocycles. The molecule has 2 N–H and O–H groups in total. The van der Waals surface area contributed by atoms with Crippen LogP contribution in [0, 0.1) is 0 Å². The van der Waals surface area contributed by atoms with Crippen LogP contribution in [0.25, 0.3) is 11.0 Å².